The van der Waals surface area contributed by atoms with Gasteiger partial charge in [-0.3, -0.25) is 4.40 Å². The van der Waals surface area contributed by atoms with E-state index in [0.29, 0.717) is 24.0 Å². The molecule has 0 saturated heterocycles. The second-order valence-corrected chi connectivity index (χ2v) is 15.2. The van der Waals surface area contributed by atoms with E-state index in [9.17, 15) is 4.79 Å². The summed E-state index contributed by atoms with van der Waals surface area (Å²) in [6.45, 7) is 16.7. The number of nitrogens with zero attached hydrogens (tertiary/aromatic N) is 4. The fraction of sp³-hybridized carbons (Fsp3) is 0.542. The summed E-state index contributed by atoms with van der Waals surface area (Å²) in [5, 5.41) is 0.575. The van der Waals surface area contributed by atoms with Crippen molar-refractivity contribution < 1.29 is 14.0 Å². The molecule has 1 atom stereocenters. The van der Waals surface area contributed by atoms with Crippen LogP contribution in [-0.2, 0) is 15.7 Å². The lowest BCUT2D eigenvalue weighted by Gasteiger charge is -2.36. The zero-order valence-electron chi connectivity index (χ0n) is 20.9. The standard InChI is InChI=1S/C24H35ClN4O3Si/c1-9-28-14-17(12-18(28)23(30)31-6)21-19-13-26-20(25)15-29(19)22(27-21)16(2)10-11-32-33(7,8)24(3,4)5/h12-16H,9-11H2,1-8H3/t16-/m0/s1. The molecule has 9 heteroatoms. The molecule has 0 aliphatic carbocycles. The molecule has 33 heavy (non-hydrogen) atoms. The van der Waals surface area contributed by atoms with Crippen LogP contribution in [0.4, 0.5) is 0 Å². The van der Waals surface area contributed by atoms with Crippen molar-refractivity contribution >= 4 is 31.4 Å². The number of esters is 1. The number of carbonyl (C=O) groups excluding carboxylic acids is 1. The Hall–Kier alpha value is -2.16. The van der Waals surface area contributed by atoms with E-state index in [4.69, 9.17) is 25.7 Å². The van der Waals surface area contributed by atoms with E-state index in [0.717, 1.165) is 29.0 Å². The first-order valence-electron chi connectivity index (χ1n) is 11.4. The van der Waals surface area contributed by atoms with Crippen molar-refractivity contribution in [2.75, 3.05) is 13.7 Å². The van der Waals surface area contributed by atoms with Crippen LogP contribution in [0.5, 0.6) is 0 Å². The topological polar surface area (TPSA) is 70.7 Å². The lowest BCUT2D eigenvalue weighted by molar-refractivity contribution is 0.0588. The Kier molecular flexibility index (Phi) is 7.41. The van der Waals surface area contributed by atoms with Gasteiger partial charge in [-0.25, -0.2) is 14.8 Å². The van der Waals surface area contributed by atoms with Gasteiger partial charge in [-0.2, -0.15) is 0 Å². The fourth-order valence-corrected chi connectivity index (χ4v) is 4.77. The summed E-state index contributed by atoms with van der Waals surface area (Å²) in [5.41, 5.74) is 2.95. The maximum atomic E-state index is 12.2. The fourth-order valence-electron chi connectivity index (χ4n) is 3.56. The average Bonchev–Trinajstić information content (AvgIpc) is 3.33. The molecule has 3 rings (SSSR count). The predicted octanol–water partition coefficient (Wildman–Crippen LogP) is 6.17. The van der Waals surface area contributed by atoms with Crippen molar-refractivity contribution in [3.63, 3.8) is 0 Å². The number of hydrogen-bond donors (Lipinski definition) is 0. The number of carbonyl (C=O) groups is 1. The number of hydrogen-bond acceptors (Lipinski definition) is 5. The number of methoxy groups -OCH3 is 1. The van der Waals surface area contributed by atoms with Crippen LogP contribution >= 0.6 is 11.6 Å². The van der Waals surface area contributed by atoms with E-state index in [2.05, 4.69) is 45.8 Å². The van der Waals surface area contributed by atoms with Gasteiger partial charge in [0.05, 0.1) is 24.5 Å². The lowest BCUT2D eigenvalue weighted by Crippen LogP contribution is -2.41. The van der Waals surface area contributed by atoms with Gasteiger partial charge in [0.15, 0.2) is 8.32 Å². The smallest absolute Gasteiger partial charge is 0.354 e. The molecule has 0 amide bonds. The monoisotopic (exact) mass is 490 g/mol. The van der Waals surface area contributed by atoms with Gasteiger partial charge in [-0.1, -0.05) is 39.3 Å². The Labute approximate surface area is 202 Å². The van der Waals surface area contributed by atoms with Crippen LogP contribution in [0.2, 0.25) is 23.3 Å². The molecule has 180 valence electrons. The number of rotatable bonds is 8. The molecule has 0 radical (unpaired) electrons. The third-order valence-electron chi connectivity index (χ3n) is 6.69. The summed E-state index contributed by atoms with van der Waals surface area (Å²) in [6, 6.07) is 1.82. The van der Waals surface area contributed by atoms with Crippen LogP contribution in [-0.4, -0.2) is 46.9 Å². The highest BCUT2D eigenvalue weighted by Gasteiger charge is 2.37. The first-order valence-corrected chi connectivity index (χ1v) is 14.6. The lowest BCUT2D eigenvalue weighted by atomic mass is 10.1. The molecule has 7 nitrogen and oxygen atoms in total. The SMILES string of the molecule is CCn1cc(-c2nc([C@@H](C)CCO[Si](C)(C)C(C)(C)C)n3cc(Cl)ncc23)cc1C(=O)OC. The maximum absolute atomic E-state index is 12.2. The van der Waals surface area contributed by atoms with Crippen molar-refractivity contribution in [1.29, 1.82) is 0 Å². The zero-order valence-corrected chi connectivity index (χ0v) is 22.7. The quantitative estimate of drug-likeness (QED) is 0.279. The Morgan fingerprint density at radius 2 is 1.97 bits per heavy atom. The van der Waals surface area contributed by atoms with Gasteiger partial charge in [0.2, 0.25) is 0 Å². The van der Waals surface area contributed by atoms with Crippen molar-refractivity contribution in [1.82, 2.24) is 18.9 Å². The van der Waals surface area contributed by atoms with Crippen LogP contribution in [0, 0.1) is 0 Å². The molecule has 0 fully saturated rings. The Morgan fingerprint density at radius 3 is 2.58 bits per heavy atom. The van der Waals surface area contributed by atoms with Gasteiger partial charge in [-0.05, 0) is 37.5 Å². The second-order valence-electron chi connectivity index (χ2n) is 9.97. The summed E-state index contributed by atoms with van der Waals surface area (Å²) in [7, 11) is -0.422. The van der Waals surface area contributed by atoms with Crippen molar-refractivity contribution in [3.8, 4) is 11.3 Å². The van der Waals surface area contributed by atoms with Gasteiger partial charge < -0.3 is 13.7 Å². The van der Waals surface area contributed by atoms with E-state index in [1.807, 2.05) is 28.2 Å². The van der Waals surface area contributed by atoms with Crippen molar-refractivity contribution in [2.45, 2.75) is 71.6 Å². The van der Waals surface area contributed by atoms with E-state index in [1.54, 1.807) is 12.4 Å². The minimum absolute atomic E-state index is 0.142. The highest BCUT2D eigenvalue weighted by atomic mass is 35.5. The molecule has 3 heterocycles. The van der Waals surface area contributed by atoms with E-state index in [-0.39, 0.29) is 16.9 Å². The minimum Gasteiger partial charge on any atom is -0.464 e. The molecular weight excluding hydrogens is 456 g/mol. The molecule has 0 aromatic carbocycles. The number of aryl methyl sites for hydroxylation is 1. The van der Waals surface area contributed by atoms with Crippen LogP contribution in [0.25, 0.3) is 16.8 Å². The summed E-state index contributed by atoms with van der Waals surface area (Å²) >= 11 is 6.23. The maximum Gasteiger partial charge on any atom is 0.354 e. The first kappa shape index (κ1) is 25.5. The average molecular weight is 491 g/mol. The molecule has 0 unspecified atom stereocenters. The van der Waals surface area contributed by atoms with Crippen LogP contribution < -0.4 is 0 Å². The summed E-state index contributed by atoms with van der Waals surface area (Å²) < 4.78 is 15.2. The van der Waals surface area contributed by atoms with Gasteiger partial charge in [0.1, 0.15) is 16.7 Å². The molecule has 0 aliphatic heterocycles. The second kappa shape index (κ2) is 9.60. The number of fused-ring (bicyclic) bond motifs is 1. The third kappa shape index (κ3) is 5.18. The summed E-state index contributed by atoms with van der Waals surface area (Å²) in [5.74, 6) is 0.666. The normalized spacial score (nSPS) is 13.5. The van der Waals surface area contributed by atoms with E-state index >= 15 is 0 Å². The predicted molar refractivity (Wildman–Crippen MR) is 135 cm³/mol. The largest absolute Gasteiger partial charge is 0.464 e. The van der Waals surface area contributed by atoms with Gasteiger partial charge in [0.25, 0.3) is 0 Å². The molecule has 3 aromatic rings. The molecule has 0 spiro atoms. The van der Waals surface area contributed by atoms with E-state index < -0.39 is 8.32 Å². The molecule has 0 bridgehead atoms. The zero-order chi connectivity index (χ0) is 24.6. The van der Waals surface area contributed by atoms with Gasteiger partial charge in [0, 0.05) is 37.0 Å². The number of aromatic nitrogens is 4. The molecule has 0 N–H and O–H groups in total. The minimum atomic E-state index is -1.81. The summed E-state index contributed by atoms with van der Waals surface area (Å²) in [4.78, 5) is 21.5. The van der Waals surface area contributed by atoms with Crippen LogP contribution in [0.3, 0.4) is 0 Å². The van der Waals surface area contributed by atoms with E-state index in [1.165, 1.54) is 7.11 Å². The molecule has 0 aliphatic rings. The summed E-state index contributed by atoms with van der Waals surface area (Å²) in [6.07, 6.45) is 6.30. The third-order valence-corrected chi connectivity index (χ3v) is 11.4. The molecular formula is C24H35ClN4O3Si. The van der Waals surface area contributed by atoms with Crippen LogP contribution in [0.1, 0.15) is 63.3 Å². The van der Waals surface area contributed by atoms with Gasteiger partial charge >= 0.3 is 5.97 Å². The van der Waals surface area contributed by atoms with Gasteiger partial charge in [-0.15, -0.1) is 0 Å². The molecule has 3 aromatic heterocycles. The highest BCUT2D eigenvalue weighted by molar-refractivity contribution is 6.74. The number of imidazole rings is 1. The van der Waals surface area contributed by atoms with Crippen LogP contribution in [0.15, 0.2) is 24.7 Å². The number of halogens is 1. The molecule has 0 saturated carbocycles. The Balaban J connectivity index is 1.96. The van der Waals surface area contributed by atoms with Crippen molar-refractivity contribution in [3.05, 3.63) is 41.3 Å². The first-order chi connectivity index (χ1) is 15.4. The number of ether oxygens (including phenoxy) is 1. The Bertz CT molecular complexity index is 1150. The highest BCUT2D eigenvalue weighted by Crippen LogP contribution is 2.37. The van der Waals surface area contributed by atoms with Crippen molar-refractivity contribution in [2.24, 2.45) is 0 Å². The Morgan fingerprint density at radius 1 is 1.27 bits per heavy atom.